The lowest BCUT2D eigenvalue weighted by molar-refractivity contribution is -0.150. The zero-order valence-corrected chi connectivity index (χ0v) is 20.2. The molecule has 0 atom stereocenters. The highest BCUT2D eigenvalue weighted by Crippen LogP contribution is 2.38. The van der Waals surface area contributed by atoms with Gasteiger partial charge in [0, 0.05) is 18.1 Å². The molecule has 12 heteroatoms. The predicted molar refractivity (Wildman–Crippen MR) is 126 cm³/mol. The lowest BCUT2D eigenvalue weighted by Gasteiger charge is -2.32. The molecule has 0 unspecified atom stereocenters. The van der Waals surface area contributed by atoms with Crippen LogP contribution in [0.15, 0.2) is 42.5 Å². The molecule has 192 valence electrons. The van der Waals surface area contributed by atoms with Gasteiger partial charge in [-0.25, -0.2) is 4.98 Å². The molecule has 1 fully saturated rings. The summed E-state index contributed by atoms with van der Waals surface area (Å²) in [5, 5.41) is 0.530. The van der Waals surface area contributed by atoms with E-state index in [1.165, 1.54) is 15.0 Å². The number of para-hydroxylation sites is 2. The summed E-state index contributed by atoms with van der Waals surface area (Å²) in [6.07, 6.45) is -7.01. The Balaban J connectivity index is 1.74. The zero-order chi connectivity index (χ0) is 25.8. The van der Waals surface area contributed by atoms with Crippen LogP contribution < -0.4 is 0 Å². The summed E-state index contributed by atoms with van der Waals surface area (Å²) in [5.41, 5.74) is -0.351. The van der Waals surface area contributed by atoms with Crippen molar-refractivity contribution in [1.29, 1.82) is 0 Å². The minimum Gasteiger partial charge on any atom is -0.289 e. The summed E-state index contributed by atoms with van der Waals surface area (Å²) < 4.78 is 85.5. The molecule has 5 rings (SSSR count). The van der Waals surface area contributed by atoms with Crippen molar-refractivity contribution in [2.45, 2.75) is 38.2 Å². The Labute approximate surface area is 212 Å². The molecule has 0 amide bonds. The SMILES string of the molecule is FC(F)(F)CN(Cc1c(C(F)(F)F)nc2n(-c3ccc(Cl)cc3Cl)c3ccccc3n12)CC1CCC1. The van der Waals surface area contributed by atoms with Crippen LogP contribution in [0, 0.1) is 5.92 Å². The highest BCUT2D eigenvalue weighted by Gasteiger charge is 2.41. The van der Waals surface area contributed by atoms with Gasteiger partial charge in [0.2, 0.25) is 5.78 Å². The van der Waals surface area contributed by atoms with Crippen LogP contribution in [-0.2, 0) is 12.7 Å². The van der Waals surface area contributed by atoms with Gasteiger partial charge in [0.25, 0.3) is 0 Å². The smallest absolute Gasteiger partial charge is 0.289 e. The molecular formula is C24H20Cl2F6N4. The van der Waals surface area contributed by atoms with Gasteiger partial charge in [-0.3, -0.25) is 13.9 Å². The first-order valence-electron chi connectivity index (χ1n) is 11.2. The quantitative estimate of drug-likeness (QED) is 0.230. The number of hydrogen-bond acceptors (Lipinski definition) is 2. The lowest BCUT2D eigenvalue weighted by atomic mass is 9.85. The molecule has 1 aliphatic rings. The van der Waals surface area contributed by atoms with Gasteiger partial charge in [0.1, 0.15) is 0 Å². The predicted octanol–water partition coefficient (Wildman–Crippen LogP) is 7.77. The number of nitrogens with zero attached hydrogens (tertiary/aromatic N) is 4. The molecule has 0 aliphatic heterocycles. The number of imidazole rings is 2. The van der Waals surface area contributed by atoms with E-state index in [4.69, 9.17) is 23.2 Å². The minimum atomic E-state index is -4.88. The van der Waals surface area contributed by atoms with Gasteiger partial charge in [0.05, 0.1) is 34.0 Å². The van der Waals surface area contributed by atoms with Crippen molar-refractivity contribution in [1.82, 2.24) is 18.9 Å². The third kappa shape index (κ3) is 4.78. The van der Waals surface area contributed by atoms with E-state index in [1.54, 1.807) is 36.4 Å². The first-order valence-corrected chi connectivity index (χ1v) is 12.0. The van der Waals surface area contributed by atoms with E-state index in [0.717, 1.165) is 24.2 Å². The van der Waals surface area contributed by atoms with Gasteiger partial charge >= 0.3 is 12.4 Å². The third-order valence-corrected chi connectivity index (χ3v) is 6.99. The van der Waals surface area contributed by atoms with Crippen molar-refractivity contribution in [3.05, 3.63) is 63.9 Å². The van der Waals surface area contributed by atoms with Crippen molar-refractivity contribution < 1.29 is 26.3 Å². The van der Waals surface area contributed by atoms with Crippen LogP contribution in [-0.4, -0.2) is 38.1 Å². The molecular weight excluding hydrogens is 529 g/mol. The van der Waals surface area contributed by atoms with Gasteiger partial charge in [-0.1, -0.05) is 41.8 Å². The van der Waals surface area contributed by atoms with Gasteiger partial charge in [0.15, 0.2) is 5.69 Å². The lowest BCUT2D eigenvalue weighted by Crippen LogP contribution is -2.39. The largest absolute Gasteiger partial charge is 0.435 e. The fourth-order valence-corrected chi connectivity index (χ4v) is 5.25. The molecule has 1 aliphatic carbocycles. The van der Waals surface area contributed by atoms with Crippen LogP contribution in [0.2, 0.25) is 10.0 Å². The first kappa shape index (κ1) is 25.2. The second-order valence-corrected chi connectivity index (χ2v) is 9.89. The molecule has 0 saturated heterocycles. The van der Waals surface area contributed by atoms with Crippen LogP contribution in [0.25, 0.3) is 22.5 Å². The molecule has 4 nitrogen and oxygen atoms in total. The Hall–Kier alpha value is -2.43. The molecule has 0 radical (unpaired) electrons. The van der Waals surface area contributed by atoms with E-state index < -0.39 is 31.1 Å². The molecule has 0 N–H and O–H groups in total. The van der Waals surface area contributed by atoms with Gasteiger partial charge < -0.3 is 0 Å². The normalized spacial score (nSPS) is 15.4. The summed E-state index contributed by atoms with van der Waals surface area (Å²) >= 11 is 12.4. The van der Waals surface area contributed by atoms with Crippen molar-refractivity contribution >= 4 is 40.0 Å². The molecule has 2 heterocycles. The maximum atomic E-state index is 14.2. The van der Waals surface area contributed by atoms with Crippen LogP contribution in [0.1, 0.15) is 30.7 Å². The molecule has 0 spiro atoms. The summed E-state index contributed by atoms with van der Waals surface area (Å²) in [7, 11) is 0. The minimum absolute atomic E-state index is 0.0271. The molecule has 0 bridgehead atoms. The highest BCUT2D eigenvalue weighted by molar-refractivity contribution is 6.35. The Morgan fingerprint density at radius 1 is 0.972 bits per heavy atom. The Kier molecular flexibility index (Phi) is 6.41. The fraction of sp³-hybridized carbons (Fsp3) is 0.375. The number of hydrogen-bond donors (Lipinski definition) is 0. The van der Waals surface area contributed by atoms with Crippen molar-refractivity contribution in [3.63, 3.8) is 0 Å². The van der Waals surface area contributed by atoms with Crippen molar-refractivity contribution in [3.8, 4) is 5.69 Å². The Bertz CT molecular complexity index is 1420. The summed E-state index contributed by atoms with van der Waals surface area (Å²) in [6.45, 7) is -1.81. The number of halogens is 8. The van der Waals surface area contributed by atoms with E-state index in [0.29, 0.717) is 21.7 Å². The van der Waals surface area contributed by atoms with Crippen molar-refractivity contribution in [2.75, 3.05) is 13.1 Å². The first-order chi connectivity index (χ1) is 16.9. The van der Waals surface area contributed by atoms with E-state index in [-0.39, 0.29) is 29.0 Å². The van der Waals surface area contributed by atoms with Crippen LogP contribution in [0.3, 0.4) is 0 Å². The number of fused-ring (bicyclic) bond motifs is 3. The van der Waals surface area contributed by atoms with Crippen LogP contribution in [0.4, 0.5) is 26.3 Å². The average Bonchev–Trinajstić information content (AvgIpc) is 3.25. The van der Waals surface area contributed by atoms with Crippen LogP contribution >= 0.6 is 23.2 Å². The van der Waals surface area contributed by atoms with Crippen molar-refractivity contribution in [2.24, 2.45) is 5.92 Å². The number of rotatable bonds is 6. The van der Waals surface area contributed by atoms with Gasteiger partial charge in [-0.05, 0) is 49.1 Å². The Morgan fingerprint density at radius 3 is 2.25 bits per heavy atom. The van der Waals surface area contributed by atoms with Crippen LogP contribution in [0.5, 0.6) is 0 Å². The summed E-state index contributed by atoms with van der Waals surface area (Å²) in [4.78, 5) is 4.97. The maximum Gasteiger partial charge on any atom is 0.435 e. The van der Waals surface area contributed by atoms with E-state index in [2.05, 4.69) is 4.98 Å². The van der Waals surface area contributed by atoms with E-state index >= 15 is 0 Å². The fourth-order valence-electron chi connectivity index (χ4n) is 4.76. The molecule has 2 aromatic carbocycles. The van der Waals surface area contributed by atoms with Gasteiger partial charge in [-0.2, -0.15) is 26.3 Å². The second-order valence-electron chi connectivity index (χ2n) is 9.04. The number of aromatic nitrogens is 3. The highest BCUT2D eigenvalue weighted by atomic mass is 35.5. The number of alkyl halides is 6. The van der Waals surface area contributed by atoms with Gasteiger partial charge in [-0.15, -0.1) is 0 Å². The molecule has 4 aromatic rings. The van der Waals surface area contributed by atoms with E-state index in [1.807, 2.05) is 0 Å². The summed E-state index contributed by atoms with van der Waals surface area (Å²) in [6, 6.07) is 11.2. The monoisotopic (exact) mass is 548 g/mol. The average molecular weight is 549 g/mol. The summed E-state index contributed by atoms with van der Waals surface area (Å²) in [5.74, 6) is -0.0716. The third-order valence-electron chi connectivity index (χ3n) is 6.46. The maximum absolute atomic E-state index is 14.2. The Morgan fingerprint density at radius 2 is 1.67 bits per heavy atom. The second kappa shape index (κ2) is 9.15. The molecule has 2 aromatic heterocycles. The molecule has 36 heavy (non-hydrogen) atoms. The standard InChI is InChI=1S/C24H20Cl2F6N4/c25-15-8-9-17(16(26)10-15)35-18-6-1-2-7-19(18)36-20(21(24(30,31)32)33-22(35)36)12-34(13-23(27,28)29)11-14-4-3-5-14/h1-2,6-10,14H,3-5,11-13H2. The zero-order valence-electron chi connectivity index (χ0n) is 18.7. The topological polar surface area (TPSA) is 25.5 Å². The van der Waals surface area contributed by atoms with E-state index in [9.17, 15) is 26.3 Å². The number of benzene rings is 2. The molecule has 1 saturated carbocycles.